The van der Waals surface area contributed by atoms with Crippen LogP contribution in [-0.2, 0) is 6.42 Å². The summed E-state index contributed by atoms with van der Waals surface area (Å²) < 4.78 is 13.7. The minimum atomic E-state index is -0.894. The Hall–Kier alpha value is -2.52. The van der Waals surface area contributed by atoms with Gasteiger partial charge < -0.3 is 25.7 Å². The minimum Gasteiger partial charge on any atom is -0.394 e. The molecule has 0 aliphatic carbocycles. The molecule has 4 N–H and O–H groups in total. The molecule has 0 spiro atoms. The van der Waals surface area contributed by atoms with Gasteiger partial charge in [-0.05, 0) is 30.9 Å². The Morgan fingerprint density at radius 3 is 2.48 bits per heavy atom. The average molecular weight is 376 g/mol. The Kier molecular flexibility index (Phi) is 6.72. The van der Waals surface area contributed by atoms with E-state index < -0.39 is 6.10 Å². The number of aliphatic hydroxyl groups excluding tert-OH is 2. The van der Waals surface area contributed by atoms with E-state index >= 15 is 0 Å². The molecule has 0 bridgehead atoms. The molecule has 3 rings (SSSR count). The largest absolute Gasteiger partial charge is 0.394 e. The summed E-state index contributed by atoms with van der Waals surface area (Å²) in [5.74, 6) is 1.06. The molecular formula is C18H25FN6O2. The van der Waals surface area contributed by atoms with Crippen molar-refractivity contribution in [2.75, 3.05) is 48.3 Å². The van der Waals surface area contributed by atoms with Gasteiger partial charge in [-0.15, -0.1) is 0 Å². The lowest BCUT2D eigenvalue weighted by Crippen LogP contribution is -2.26. The first kappa shape index (κ1) is 19.2. The summed E-state index contributed by atoms with van der Waals surface area (Å²) in [7, 11) is 0. The predicted molar refractivity (Wildman–Crippen MR) is 101 cm³/mol. The first-order chi connectivity index (χ1) is 13.2. The molecule has 1 fully saturated rings. The highest BCUT2D eigenvalue weighted by Crippen LogP contribution is 2.19. The van der Waals surface area contributed by atoms with Crippen molar-refractivity contribution in [3.63, 3.8) is 0 Å². The van der Waals surface area contributed by atoms with E-state index in [1.54, 1.807) is 18.2 Å². The predicted octanol–water partition coefficient (Wildman–Crippen LogP) is 1.03. The van der Waals surface area contributed by atoms with Crippen molar-refractivity contribution in [1.29, 1.82) is 0 Å². The van der Waals surface area contributed by atoms with E-state index in [0.717, 1.165) is 25.9 Å². The number of hydrogen-bond acceptors (Lipinski definition) is 8. The first-order valence-electron chi connectivity index (χ1n) is 9.17. The number of hydrogen-bond donors (Lipinski definition) is 4. The Balaban J connectivity index is 1.68. The van der Waals surface area contributed by atoms with E-state index in [1.807, 2.05) is 0 Å². The standard InChI is InChI=1S/C18H25FN6O2/c19-15-6-2-1-5-13(15)7-8-20-16-22-17(21-11-14(27)12-26)24-18(23-16)25-9-3-4-10-25/h1-2,5-6,14,26-27H,3-4,7-12H2,(H2,20,21,22,23,24). The van der Waals surface area contributed by atoms with Gasteiger partial charge in [0.25, 0.3) is 0 Å². The van der Waals surface area contributed by atoms with Crippen LogP contribution < -0.4 is 15.5 Å². The number of halogens is 1. The lowest BCUT2D eigenvalue weighted by Gasteiger charge is -2.17. The zero-order valence-corrected chi connectivity index (χ0v) is 15.1. The average Bonchev–Trinajstić information content (AvgIpc) is 3.22. The normalized spacial score (nSPS) is 15.0. The van der Waals surface area contributed by atoms with Gasteiger partial charge in [0.1, 0.15) is 5.82 Å². The Morgan fingerprint density at radius 2 is 1.78 bits per heavy atom. The molecular weight excluding hydrogens is 351 g/mol. The van der Waals surface area contributed by atoms with Crippen molar-refractivity contribution in [2.24, 2.45) is 0 Å². The van der Waals surface area contributed by atoms with Crippen LogP contribution in [0.25, 0.3) is 0 Å². The fraction of sp³-hybridized carbons (Fsp3) is 0.500. The molecule has 146 valence electrons. The summed E-state index contributed by atoms with van der Waals surface area (Å²) in [6.45, 7) is 2.04. The zero-order valence-electron chi connectivity index (χ0n) is 15.1. The lowest BCUT2D eigenvalue weighted by atomic mass is 10.1. The molecule has 1 atom stereocenters. The molecule has 2 heterocycles. The molecule has 1 aromatic heterocycles. The van der Waals surface area contributed by atoms with Crippen molar-refractivity contribution in [3.05, 3.63) is 35.6 Å². The van der Waals surface area contributed by atoms with Gasteiger partial charge in [-0.1, -0.05) is 18.2 Å². The summed E-state index contributed by atoms with van der Waals surface area (Å²) in [4.78, 5) is 15.3. The van der Waals surface area contributed by atoms with Gasteiger partial charge in [-0.3, -0.25) is 0 Å². The van der Waals surface area contributed by atoms with Gasteiger partial charge in [0.15, 0.2) is 0 Å². The summed E-state index contributed by atoms with van der Waals surface area (Å²) in [6, 6.07) is 6.67. The maximum Gasteiger partial charge on any atom is 0.231 e. The van der Waals surface area contributed by atoms with Crippen molar-refractivity contribution >= 4 is 17.8 Å². The van der Waals surface area contributed by atoms with Crippen molar-refractivity contribution < 1.29 is 14.6 Å². The van der Waals surface area contributed by atoms with E-state index in [0.29, 0.717) is 36.4 Å². The van der Waals surface area contributed by atoms with E-state index in [2.05, 4.69) is 30.5 Å². The smallest absolute Gasteiger partial charge is 0.231 e. The van der Waals surface area contributed by atoms with Crippen LogP contribution in [0, 0.1) is 5.82 Å². The van der Waals surface area contributed by atoms with Crippen molar-refractivity contribution in [3.8, 4) is 0 Å². The molecule has 8 nitrogen and oxygen atoms in total. The van der Waals surface area contributed by atoms with Gasteiger partial charge >= 0.3 is 0 Å². The van der Waals surface area contributed by atoms with Gasteiger partial charge in [0.2, 0.25) is 17.8 Å². The van der Waals surface area contributed by atoms with Gasteiger partial charge in [0, 0.05) is 26.2 Å². The number of aromatic nitrogens is 3. The number of benzene rings is 1. The van der Waals surface area contributed by atoms with Crippen molar-refractivity contribution in [2.45, 2.75) is 25.4 Å². The van der Waals surface area contributed by atoms with Crippen LogP contribution in [0.15, 0.2) is 24.3 Å². The van der Waals surface area contributed by atoms with Gasteiger partial charge in [0.05, 0.1) is 12.7 Å². The summed E-state index contributed by atoms with van der Waals surface area (Å²) in [5, 5.41) is 24.5. The SMILES string of the molecule is OCC(O)CNc1nc(NCCc2ccccc2F)nc(N2CCCC2)n1. The zero-order chi connectivity index (χ0) is 19.1. The van der Waals surface area contributed by atoms with E-state index in [-0.39, 0.29) is 19.0 Å². The number of nitrogens with one attached hydrogen (secondary N) is 2. The fourth-order valence-electron chi connectivity index (χ4n) is 2.87. The summed E-state index contributed by atoms with van der Waals surface area (Å²) in [6.07, 6.45) is 1.79. The highest BCUT2D eigenvalue weighted by molar-refractivity contribution is 5.44. The minimum absolute atomic E-state index is 0.134. The number of anilines is 3. The maximum atomic E-state index is 13.7. The first-order valence-corrected chi connectivity index (χ1v) is 9.17. The van der Waals surface area contributed by atoms with E-state index in [1.165, 1.54) is 6.07 Å². The highest BCUT2D eigenvalue weighted by atomic mass is 19.1. The molecule has 0 saturated carbocycles. The van der Waals surface area contributed by atoms with Crippen LogP contribution in [0.1, 0.15) is 18.4 Å². The third kappa shape index (κ3) is 5.48. The summed E-state index contributed by atoms with van der Waals surface area (Å²) >= 11 is 0. The highest BCUT2D eigenvalue weighted by Gasteiger charge is 2.17. The topological polar surface area (TPSA) is 106 Å². The molecule has 9 heteroatoms. The molecule has 1 aliphatic heterocycles. The van der Waals surface area contributed by atoms with E-state index in [4.69, 9.17) is 5.11 Å². The quantitative estimate of drug-likeness (QED) is 0.514. The van der Waals surface area contributed by atoms with Crippen LogP contribution in [0.3, 0.4) is 0 Å². The second-order valence-electron chi connectivity index (χ2n) is 6.46. The van der Waals surface area contributed by atoms with Crippen LogP contribution in [0.2, 0.25) is 0 Å². The van der Waals surface area contributed by atoms with Crippen LogP contribution >= 0.6 is 0 Å². The Bertz CT molecular complexity index is 742. The third-order valence-electron chi connectivity index (χ3n) is 4.35. The molecule has 1 aliphatic rings. The number of aliphatic hydroxyl groups is 2. The lowest BCUT2D eigenvalue weighted by molar-refractivity contribution is 0.105. The molecule has 1 aromatic carbocycles. The Labute approximate surface area is 157 Å². The monoisotopic (exact) mass is 376 g/mol. The molecule has 2 aromatic rings. The fourth-order valence-corrected chi connectivity index (χ4v) is 2.87. The number of nitrogens with zero attached hydrogens (tertiary/aromatic N) is 4. The maximum absolute atomic E-state index is 13.7. The van der Waals surface area contributed by atoms with Gasteiger partial charge in [-0.25, -0.2) is 4.39 Å². The van der Waals surface area contributed by atoms with Crippen LogP contribution in [0.5, 0.6) is 0 Å². The number of rotatable bonds is 9. The van der Waals surface area contributed by atoms with Gasteiger partial charge in [-0.2, -0.15) is 15.0 Å². The molecule has 27 heavy (non-hydrogen) atoms. The van der Waals surface area contributed by atoms with E-state index in [9.17, 15) is 9.50 Å². The van der Waals surface area contributed by atoms with Crippen LogP contribution in [0.4, 0.5) is 22.2 Å². The van der Waals surface area contributed by atoms with Crippen LogP contribution in [-0.4, -0.2) is 64.1 Å². The second kappa shape index (κ2) is 9.43. The Morgan fingerprint density at radius 1 is 1.07 bits per heavy atom. The van der Waals surface area contributed by atoms with Crippen molar-refractivity contribution in [1.82, 2.24) is 15.0 Å². The third-order valence-corrected chi connectivity index (χ3v) is 4.35. The summed E-state index contributed by atoms with van der Waals surface area (Å²) in [5.41, 5.74) is 0.628. The molecule has 1 unspecified atom stereocenters. The molecule has 0 radical (unpaired) electrons. The second-order valence-corrected chi connectivity index (χ2v) is 6.46. The molecule has 1 saturated heterocycles. The molecule has 0 amide bonds.